The van der Waals surface area contributed by atoms with Crippen LogP contribution in [0, 0.1) is 13.8 Å². The molecule has 1 unspecified atom stereocenters. The largest absolute Gasteiger partial charge is 0.478 e. The molecule has 0 bridgehead atoms. The third kappa shape index (κ3) is 2.73. The van der Waals surface area contributed by atoms with Gasteiger partial charge in [0.15, 0.2) is 0 Å². The van der Waals surface area contributed by atoms with Crippen molar-refractivity contribution in [3.8, 4) is 0 Å². The summed E-state index contributed by atoms with van der Waals surface area (Å²) in [5.74, 6) is -1.44. The maximum absolute atomic E-state index is 12.8. The third-order valence-corrected chi connectivity index (χ3v) is 2.85. The molecular weight excluding hydrogens is 203 g/mol. The normalized spacial score (nSPS) is 12.5. The van der Waals surface area contributed by atoms with Gasteiger partial charge in [0, 0.05) is 4.90 Å². The Labute approximate surface area is 86.1 Å². The Balaban J connectivity index is 2.78. The van der Waals surface area contributed by atoms with Crippen molar-refractivity contribution in [2.24, 2.45) is 0 Å². The predicted octanol–water partition coefficient (Wildman–Crippen LogP) is 2.78. The van der Waals surface area contributed by atoms with Crippen LogP contribution in [0.4, 0.5) is 4.39 Å². The zero-order valence-corrected chi connectivity index (χ0v) is 8.77. The van der Waals surface area contributed by atoms with E-state index in [1.807, 2.05) is 19.9 Å². The summed E-state index contributed by atoms with van der Waals surface area (Å²) in [7, 11) is 0. The molecule has 76 valence electrons. The van der Waals surface area contributed by atoms with Crippen molar-refractivity contribution >= 4 is 17.7 Å². The minimum atomic E-state index is -1.89. The molecule has 1 atom stereocenters. The highest BCUT2D eigenvalue weighted by Gasteiger charge is 2.16. The standard InChI is InChI=1S/C10H11FO2S/c1-6-3-4-8(5-7(6)2)14-9(11)10(12)13/h3-5,9H,1-2H3,(H,12,13). The van der Waals surface area contributed by atoms with E-state index in [1.165, 1.54) is 0 Å². The summed E-state index contributed by atoms with van der Waals surface area (Å²) in [6.45, 7) is 3.86. The van der Waals surface area contributed by atoms with Gasteiger partial charge < -0.3 is 5.11 Å². The molecule has 0 fully saturated rings. The maximum Gasteiger partial charge on any atom is 0.349 e. The van der Waals surface area contributed by atoms with Gasteiger partial charge in [-0.15, -0.1) is 0 Å². The molecule has 2 nitrogen and oxygen atoms in total. The molecule has 0 radical (unpaired) electrons. The zero-order valence-electron chi connectivity index (χ0n) is 7.95. The summed E-state index contributed by atoms with van der Waals surface area (Å²) in [4.78, 5) is 10.9. The zero-order chi connectivity index (χ0) is 10.7. The maximum atomic E-state index is 12.8. The number of halogens is 1. The number of carbonyl (C=O) groups is 1. The molecule has 0 saturated heterocycles. The van der Waals surface area contributed by atoms with E-state index in [0.29, 0.717) is 16.7 Å². The lowest BCUT2D eigenvalue weighted by atomic mass is 10.1. The average molecular weight is 214 g/mol. The van der Waals surface area contributed by atoms with Crippen molar-refractivity contribution < 1.29 is 14.3 Å². The molecule has 0 aromatic heterocycles. The summed E-state index contributed by atoms with van der Waals surface area (Å²) >= 11 is 0.708. The first-order chi connectivity index (χ1) is 6.50. The molecule has 0 saturated carbocycles. The molecule has 1 N–H and O–H groups in total. The first-order valence-corrected chi connectivity index (χ1v) is 4.99. The number of aryl methyl sites for hydroxylation is 2. The van der Waals surface area contributed by atoms with Crippen molar-refractivity contribution in [2.75, 3.05) is 0 Å². The fourth-order valence-electron chi connectivity index (χ4n) is 0.957. The predicted molar refractivity (Wildman–Crippen MR) is 54.3 cm³/mol. The van der Waals surface area contributed by atoms with Crippen LogP contribution >= 0.6 is 11.8 Å². The minimum Gasteiger partial charge on any atom is -0.478 e. The summed E-state index contributed by atoms with van der Waals surface area (Å²) in [5, 5.41) is 8.37. The Hall–Kier alpha value is -1.03. The number of rotatable bonds is 3. The Morgan fingerprint density at radius 3 is 2.57 bits per heavy atom. The summed E-state index contributed by atoms with van der Waals surface area (Å²) in [6.07, 6.45) is 0. The number of hydrogen-bond acceptors (Lipinski definition) is 2. The molecule has 0 aliphatic heterocycles. The molecule has 0 aliphatic carbocycles. The molecule has 0 aliphatic rings. The Bertz CT molecular complexity index is 352. The average Bonchev–Trinajstić information content (AvgIpc) is 2.11. The topological polar surface area (TPSA) is 37.3 Å². The summed E-state index contributed by atoms with van der Waals surface area (Å²) < 4.78 is 12.8. The number of carboxylic acids is 1. The van der Waals surface area contributed by atoms with Crippen LogP contribution in [-0.2, 0) is 4.79 Å². The van der Waals surface area contributed by atoms with Gasteiger partial charge in [-0.2, -0.15) is 0 Å². The van der Waals surface area contributed by atoms with Gasteiger partial charge in [-0.1, -0.05) is 17.8 Å². The van der Waals surface area contributed by atoms with Crippen molar-refractivity contribution in [1.29, 1.82) is 0 Å². The lowest BCUT2D eigenvalue weighted by Crippen LogP contribution is -2.09. The quantitative estimate of drug-likeness (QED) is 0.786. The van der Waals surface area contributed by atoms with Crippen LogP contribution in [-0.4, -0.2) is 16.6 Å². The van der Waals surface area contributed by atoms with Crippen molar-refractivity contribution in [1.82, 2.24) is 0 Å². The Kier molecular flexibility index (Phi) is 3.52. The second kappa shape index (κ2) is 4.46. The first kappa shape index (κ1) is 11.0. The summed E-state index contributed by atoms with van der Waals surface area (Å²) in [5.41, 5.74) is 0.254. The van der Waals surface area contributed by atoms with Crippen LogP contribution in [0.1, 0.15) is 11.1 Å². The number of aliphatic carboxylic acids is 1. The van der Waals surface area contributed by atoms with E-state index in [0.717, 1.165) is 11.1 Å². The van der Waals surface area contributed by atoms with Gasteiger partial charge in [0.1, 0.15) is 0 Å². The monoisotopic (exact) mass is 214 g/mol. The van der Waals surface area contributed by atoms with Gasteiger partial charge in [-0.05, 0) is 37.1 Å². The molecule has 14 heavy (non-hydrogen) atoms. The lowest BCUT2D eigenvalue weighted by Gasteiger charge is -2.05. The third-order valence-electron chi connectivity index (χ3n) is 1.91. The molecule has 0 heterocycles. The van der Waals surface area contributed by atoms with Crippen molar-refractivity contribution in [2.45, 2.75) is 24.2 Å². The van der Waals surface area contributed by atoms with Gasteiger partial charge >= 0.3 is 5.97 Å². The number of benzene rings is 1. The van der Waals surface area contributed by atoms with E-state index in [1.54, 1.807) is 12.1 Å². The molecule has 1 rings (SSSR count). The van der Waals surface area contributed by atoms with Gasteiger partial charge in [0.2, 0.25) is 5.50 Å². The second-order valence-corrected chi connectivity index (χ2v) is 4.14. The van der Waals surface area contributed by atoms with Crippen LogP contribution < -0.4 is 0 Å². The number of carboxylic acid groups (broad SMARTS) is 1. The van der Waals surface area contributed by atoms with Crippen LogP contribution in [0.3, 0.4) is 0 Å². The minimum absolute atomic E-state index is 0.642. The van der Waals surface area contributed by atoms with E-state index in [4.69, 9.17) is 5.11 Å². The molecular formula is C10H11FO2S. The molecule has 4 heteroatoms. The van der Waals surface area contributed by atoms with Crippen LogP contribution in [0.15, 0.2) is 23.1 Å². The van der Waals surface area contributed by atoms with Gasteiger partial charge in [0.05, 0.1) is 0 Å². The smallest absolute Gasteiger partial charge is 0.349 e. The summed E-state index contributed by atoms with van der Waals surface area (Å²) in [6, 6.07) is 5.37. The molecule has 0 spiro atoms. The second-order valence-electron chi connectivity index (χ2n) is 3.02. The van der Waals surface area contributed by atoms with Crippen LogP contribution in [0.25, 0.3) is 0 Å². The van der Waals surface area contributed by atoms with Crippen molar-refractivity contribution in [3.05, 3.63) is 29.3 Å². The van der Waals surface area contributed by atoms with Gasteiger partial charge in [0.25, 0.3) is 0 Å². The fraction of sp³-hybridized carbons (Fsp3) is 0.300. The van der Waals surface area contributed by atoms with Crippen LogP contribution in [0.2, 0.25) is 0 Å². The van der Waals surface area contributed by atoms with E-state index >= 15 is 0 Å². The van der Waals surface area contributed by atoms with E-state index in [2.05, 4.69) is 0 Å². The SMILES string of the molecule is Cc1ccc(SC(F)C(=O)O)cc1C. The Morgan fingerprint density at radius 1 is 1.43 bits per heavy atom. The highest BCUT2D eigenvalue weighted by atomic mass is 32.2. The Morgan fingerprint density at radius 2 is 2.07 bits per heavy atom. The molecule has 0 amide bonds. The number of thioether (sulfide) groups is 1. The van der Waals surface area contributed by atoms with E-state index in [-0.39, 0.29) is 0 Å². The van der Waals surface area contributed by atoms with Crippen molar-refractivity contribution in [3.63, 3.8) is 0 Å². The van der Waals surface area contributed by atoms with Gasteiger partial charge in [-0.3, -0.25) is 0 Å². The highest BCUT2D eigenvalue weighted by Crippen LogP contribution is 2.26. The lowest BCUT2D eigenvalue weighted by molar-refractivity contribution is -0.139. The van der Waals surface area contributed by atoms with Gasteiger partial charge in [-0.25, -0.2) is 9.18 Å². The van der Waals surface area contributed by atoms with E-state index in [9.17, 15) is 9.18 Å². The molecule has 1 aromatic carbocycles. The number of alkyl halides is 1. The molecule has 1 aromatic rings. The fourth-order valence-corrected chi connectivity index (χ4v) is 1.69. The number of hydrogen-bond donors (Lipinski definition) is 1. The highest BCUT2D eigenvalue weighted by molar-refractivity contribution is 8.00. The first-order valence-electron chi connectivity index (χ1n) is 4.11. The van der Waals surface area contributed by atoms with E-state index < -0.39 is 11.5 Å². The van der Waals surface area contributed by atoms with Crippen LogP contribution in [0.5, 0.6) is 0 Å².